The highest BCUT2D eigenvalue weighted by Crippen LogP contribution is 2.22. The van der Waals surface area contributed by atoms with Crippen LogP contribution in [0.3, 0.4) is 0 Å². The highest BCUT2D eigenvalue weighted by atomic mass is 16.5. The van der Waals surface area contributed by atoms with Crippen molar-refractivity contribution in [3.05, 3.63) is 30.0 Å². The number of nitrogens with zero attached hydrogens (tertiary/aromatic N) is 1. The fourth-order valence-electron chi connectivity index (χ4n) is 2.08. The van der Waals surface area contributed by atoms with Crippen LogP contribution in [0.1, 0.15) is 18.9 Å². The van der Waals surface area contributed by atoms with Gasteiger partial charge in [-0.3, -0.25) is 4.79 Å². The second kappa shape index (κ2) is 6.29. The van der Waals surface area contributed by atoms with Crippen LogP contribution in [0.2, 0.25) is 0 Å². The Balaban J connectivity index is 2.04. The Morgan fingerprint density at radius 3 is 3.00 bits per heavy atom. The normalized spacial score (nSPS) is 22.1. The fraction of sp³-hybridized carbons (Fsp3) is 0.357. The van der Waals surface area contributed by atoms with Crippen LogP contribution in [0.25, 0.3) is 6.08 Å². The van der Waals surface area contributed by atoms with Gasteiger partial charge in [-0.2, -0.15) is 0 Å². The second-order valence-corrected chi connectivity index (χ2v) is 4.61. The number of hydrogen-bond acceptors (Lipinski definition) is 4. The molecule has 1 aliphatic rings. The Morgan fingerprint density at radius 2 is 2.35 bits per heavy atom. The van der Waals surface area contributed by atoms with Crippen molar-refractivity contribution in [2.45, 2.75) is 19.4 Å². The molecule has 1 amide bonds. The smallest absolute Gasteiger partial charge is 0.328 e. The first-order valence-electron chi connectivity index (χ1n) is 6.36. The lowest BCUT2D eigenvalue weighted by Crippen LogP contribution is -2.28. The van der Waals surface area contributed by atoms with E-state index in [4.69, 9.17) is 9.84 Å². The molecule has 6 heteroatoms. The summed E-state index contributed by atoms with van der Waals surface area (Å²) in [5.41, 5.74) is 0.661. The zero-order valence-electron chi connectivity index (χ0n) is 11.1. The molecular formula is C14H16N2O4. The van der Waals surface area contributed by atoms with Crippen molar-refractivity contribution in [1.82, 2.24) is 4.98 Å². The SMILES string of the molecule is CC1OCCC1C(=O)Nc1cc(/C=C/C(=O)O)ccn1. The summed E-state index contributed by atoms with van der Waals surface area (Å²) in [6, 6.07) is 3.29. The predicted octanol–water partition coefficient (Wildman–Crippen LogP) is 1.54. The van der Waals surface area contributed by atoms with Gasteiger partial charge in [0.15, 0.2) is 0 Å². The molecule has 0 saturated carbocycles. The number of carbonyl (C=O) groups excluding carboxylic acids is 1. The summed E-state index contributed by atoms with van der Waals surface area (Å²) < 4.78 is 5.36. The third-order valence-electron chi connectivity index (χ3n) is 3.17. The van der Waals surface area contributed by atoms with Crippen LogP contribution >= 0.6 is 0 Å². The van der Waals surface area contributed by atoms with E-state index >= 15 is 0 Å². The van der Waals surface area contributed by atoms with E-state index in [1.54, 1.807) is 12.1 Å². The van der Waals surface area contributed by atoms with Crippen molar-refractivity contribution in [2.75, 3.05) is 11.9 Å². The van der Waals surface area contributed by atoms with Crippen LogP contribution in [0, 0.1) is 5.92 Å². The number of carboxylic acids is 1. The quantitative estimate of drug-likeness (QED) is 0.814. The molecule has 1 aromatic heterocycles. The third kappa shape index (κ3) is 3.64. The molecule has 2 rings (SSSR count). The van der Waals surface area contributed by atoms with Crippen LogP contribution in [-0.4, -0.2) is 34.7 Å². The number of aromatic nitrogens is 1. The van der Waals surface area contributed by atoms with Crippen LogP contribution in [0.4, 0.5) is 5.82 Å². The summed E-state index contributed by atoms with van der Waals surface area (Å²) in [5.74, 6) is -0.914. The molecule has 0 spiro atoms. The predicted molar refractivity (Wildman–Crippen MR) is 73.1 cm³/mol. The molecular weight excluding hydrogens is 260 g/mol. The van der Waals surface area contributed by atoms with Crippen molar-refractivity contribution in [1.29, 1.82) is 0 Å². The molecule has 2 atom stereocenters. The lowest BCUT2D eigenvalue weighted by molar-refractivity contribution is -0.131. The maximum Gasteiger partial charge on any atom is 0.328 e. The van der Waals surface area contributed by atoms with E-state index in [-0.39, 0.29) is 17.9 Å². The summed E-state index contributed by atoms with van der Waals surface area (Å²) in [4.78, 5) is 26.6. The number of anilines is 1. The third-order valence-corrected chi connectivity index (χ3v) is 3.17. The molecule has 0 radical (unpaired) electrons. The highest BCUT2D eigenvalue weighted by molar-refractivity contribution is 5.92. The number of carboxylic acid groups (broad SMARTS) is 1. The largest absolute Gasteiger partial charge is 0.478 e. The summed E-state index contributed by atoms with van der Waals surface area (Å²) in [7, 11) is 0. The van der Waals surface area contributed by atoms with Gasteiger partial charge in [0.1, 0.15) is 5.82 Å². The number of nitrogens with one attached hydrogen (secondary N) is 1. The van der Waals surface area contributed by atoms with Crippen molar-refractivity contribution in [3.63, 3.8) is 0 Å². The van der Waals surface area contributed by atoms with Gasteiger partial charge in [0.2, 0.25) is 5.91 Å². The van der Waals surface area contributed by atoms with Crippen LogP contribution in [0.5, 0.6) is 0 Å². The molecule has 2 heterocycles. The van der Waals surface area contributed by atoms with Crippen molar-refractivity contribution >= 4 is 23.8 Å². The molecule has 0 aliphatic carbocycles. The van der Waals surface area contributed by atoms with Crippen LogP contribution < -0.4 is 5.32 Å². The molecule has 1 aliphatic heterocycles. The minimum absolute atomic E-state index is 0.0925. The number of carbonyl (C=O) groups is 2. The van der Waals surface area contributed by atoms with E-state index in [1.165, 1.54) is 12.3 Å². The van der Waals surface area contributed by atoms with Crippen LogP contribution in [-0.2, 0) is 14.3 Å². The molecule has 2 unspecified atom stereocenters. The number of aliphatic carboxylic acids is 1. The Labute approximate surface area is 116 Å². The van der Waals surface area contributed by atoms with Gasteiger partial charge in [0.25, 0.3) is 0 Å². The topological polar surface area (TPSA) is 88.5 Å². The Bertz CT molecular complexity index is 542. The first kappa shape index (κ1) is 14.2. The lowest BCUT2D eigenvalue weighted by Gasteiger charge is -2.13. The lowest BCUT2D eigenvalue weighted by atomic mass is 10.0. The van der Waals surface area contributed by atoms with Crippen molar-refractivity contribution < 1.29 is 19.4 Å². The summed E-state index contributed by atoms with van der Waals surface area (Å²) >= 11 is 0. The second-order valence-electron chi connectivity index (χ2n) is 4.61. The van der Waals surface area contributed by atoms with Gasteiger partial charge < -0.3 is 15.2 Å². The van der Waals surface area contributed by atoms with E-state index in [2.05, 4.69) is 10.3 Å². The maximum atomic E-state index is 12.1. The summed E-state index contributed by atoms with van der Waals surface area (Å²) in [5, 5.41) is 11.3. The molecule has 6 nitrogen and oxygen atoms in total. The van der Waals surface area contributed by atoms with Gasteiger partial charge >= 0.3 is 5.97 Å². The molecule has 20 heavy (non-hydrogen) atoms. The maximum absolute atomic E-state index is 12.1. The van der Waals surface area contributed by atoms with Gasteiger partial charge in [-0.15, -0.1) is 0 Å². The van der Waals surface area contributed by atoms with Crippen molar-refractivity contribution in [3.8, 4) is 0 Å². The molecule has 2 N–H and O–H groups in total. The average Bonchev–Trinajstić information content (AvgIpc) is 2.83. The van der Waals surface area contributed by atoms with Gasteiger partial charge in [0, 0.05) is 18.9 Å². The fourth-order valence-corrected chi connectivity index (χ4v) is 2.08. The first-order chi connectivity index (χ1) is 9.56. The number of amides is 1. The van der Waals surface area contributed by atoms with E-state index in [9.17, 15) is 9.59 Å². The van der Waals surface area contributed by atoms with E-state index in [0.717, 1.165) is 6.08 Å². The van der Waals surface area contributed by atoms with Gasteiger partial charge in [-0.1, -0.05) is 0 Å². The van der Waals surface area contributed by atoms with E-state index in [1.807, 2.05) is 6.92 Å². The van der Waals surface area contributed by atoms with Gasteiger partial charge in [-0.25, -0.2) is 9.78 Å². The van der Waals surface area contributed by atoms with E-state index < -0.39 is 5.97 Å². The molecule has 0 aromatic carbocycles. The highest BCUT2D eigenvalue weighted by Gasteiger charge is 2.30. The zero-order valence-corrected chi connectivity index (χ0v) is 11.1. The van der Waals surface area contributed by atoms with Gasteiger partial charge in [-0.05, 0) is 37.1 Å². The Morgan fingerprint density at radius 1 is 1.55 bits per heavy atom. The standard InChI is InChI=1S/C14H16N2O4/c1-9-11(5-7-20-9)14(19)16-12-8-10(4-6-15-12)2-3-13(17)18/h2-4,6,8-9,11H,5,7H2,1H3,(H,17,18)(H,15,16,19)/b3-2+. The minimum Gasteiger partial charge on any atom is -0.478 e. The van der Waals surface area contributed by atoms with Crippen LogP contribution in [0.15, 0.2) is 24.4 Å². The number of rotatable bonds is 4. The monoisotopic (exact) mass is 276 g/mol. The minimum atomic E-state index is -1.02. The molecule has 106 valence electrons. The summed E-state index contributed by atoms with van der Waals surface area (Å²) in [6.45, 7) is 2.46. The number of hydrogen-bond donors (Lipinski definition) is 2. The molecule has 1 aromatic rings. The average molecular weight is 276 g/mol. The van der Waals surface area contributed by atoms with E-state index in [0.29, 0.717) is 24.4 Å². The van der Waals surface area contributed by atoms with Crippen molar-refractivity contribution in [2.24, 2.45) is 5.92 Å². The molecule has 1 saturated heterocycles. The first-order valence-corrected chi connectivity index (χ1v) is 6.36. The number of pyridine rings is 1. The summed E-state index contributed by atoms with van der Waals surface area (Å²) in [6.07, 6.45) is 4.61. The Hall–Kier alpha value is -2.21. The molecule has 1 fully saturated rings. The molecule has 0 bridgehead atoms. The Kier molecular flexibility index (Phi) is 4.47. The number of ether oxygens (including phenoxy) is 1. The van der Waals surface area contributed by atoms with Gasteiger partial charge in [0.05, 0.1) is 12.0 Å². The zero-order chi connectivity index (χ0) is 14.5.